The predicted molar refractivity (Wildman–Crippen MR) is 82.2 cm³/mol. The molecule has 0 fully saturated rings. The Bertz CT molecular complexity index is 772. The number of halogens is 3. The minimum atomic E-state index is -4.56. The minimum absolute atomic E-state index is 0.0918. The molecular formula is C15H15F3N4O3. The summed E-state index contributed by atoms with van der Waals surface area (Å²) in [5, 5.41) is 16.7. The summed E-state index contributed by atoms with van der Waals surface area (Å²) < 4.78 is 43.3. The molecule has 1 aromatic heterocycles. The van der Waals surface area contributed by atoms with Crippen LogP contribution in [0.1, 0.15) is 18.2 Å². The highest BCUT2D eigenvalue weighted by Crippen LogP contribution is 2.27. The van der Waals surface area contributed by atoms with Gasteiger partial charge in [-0.15, -0.1) is 0 Å². The lowest BCUT2D eigenvalue weighted by Crippen LogP contribution is -2.23. The van der Waals surface area contributed by atoms with Crippen LogP contribution < -0.4 is 10.2 Å². The van der Waals surface area contributed by atoms with E-state index in [-0.39, 0.29) is 5.75 Å². The maximum Gasteiger partial charge on any atom is 0.435 e. The number of hydrazone groups is 1. The fraction of sp³-hybridized carbons (Fsp3) is 0.267. The lowest BCUT2D eigenvalue weighted by molar-refractivity contribution is -0.141. The van der Waals surface area contributed by atoms with Crippen LogP contribution in [0, 0.1) is 0 Å². The monoisotopic (exact) mass is 356 g/mol. The predicted octanol–water partition coefficient (Wildman–Crippen LogP) is 2.16. The van der Waals surface area contributed by atoms with Gasteiger partial charge >= 0.3 is 6.18 Å². The SMILES string of the molecule is CCOc1ccc(C=NNC(=O)Cn2ccc(C(F)(F)F)n2)c(O)c1. The number of carbonyl (C=O) groups excluding carboxylic acids is 1. The van der Waals surface area contributed by atoms with Gasteiger partial charge in [0.15, 0.2) is 5.69 Å². The Balaban J connectivity index is 1.91. The van der Waals surface area contributed by atoms with E-state index in [9.17, 15) is 23.1 Å². The van der Waals surface area contributed by atoms with Crippen LogP contribution >= 0.6 is 0 Å². The molecule has 2 N–H and O–H groups in total. The van der Waals surface area contributed by atoms with Crippen LogP contribution in [-0.4, -0.2) is 33.6 Å². The number of rotatable bonds is 6. The fourth-order valence-electron chi connectivity index (χ4n) is 1.85. The molecule has 0 saturated carbocycles. The second-order valence-corrected chi connectivity index (χ2v) is 4.84. The summed E-state index contributed by atoms with van der Waals surface area (Å²) in [4.78, 5) is 11.6. The molecule has 1 amide bonds. The first-order valence-corrected chi connectivity index (χ1v) is 7.18. The first kappa shape index (κ1) is 18.3. The van der Waals surface area contributed by atoms with E-state index in [4.69, 9.17) is 4.74 Å². The van der Waals surface area contributed by atoms with E-state index in [0.29, 0.717) is 17.9 Å². The number of nitrogens with one attached hydrogen (secondary N) is 1. The van der Waals surface area contributed by atoms with Gasteiger partial charge < -0.3 is 9.84 Å². The van der Waals surface area contributed by atoms with Gasteiger partial charge in [0, 0.05) is 17.8 Å². The highest BCUT2D eigenvalue weighted by Gasteiger charge is 2.33. The average Bonchev–Trinajstić information content (AvgIpc) is 2.98. The number of hydrogen-bond acceptors (Lipinski definition) is 5. The summed E-state index contributed by atoms with van der Waals surface area (Å²) in [7, 11) is 0. The molecule has 25 heavy (non-hydrogen) atoms. The molecule has 7 nitrogen and oxygen atoms in total. The van der Waals surface area contributed by atoms with Gasteiger partial charge in [-0.25, -0.2) is 5.43 Å². The zero-order valence-corrected chi connectivity index (χ0v) is 13.1. The van der Waals surface area contributed by atoms with E-state index < -0.39 is 24.3 Å². The van der Waals surface area contributed by atoms with Crippen LogP contribution in [0.2, 0.25) is 0 Å². The van der Waals surface area contributed by atoms with E-state index >= 15 is 0 Å². The van der Waals surface area contributed by atoms with Gasteiger partial charge in [0.1, 0.15) is 18.0 Å². The van der Waals surface area contributed by atoms with Gasteiger partial charge in [-0.05, 0) is 25.1 Å². The van der Waals surface area contributed by atoms with E-state index in [1.807, 2.05) is 0 Å². The highest BCUT2D eigenvalue weighted by molar-refractivity contribution is 5.85. The van der Waals surface area contributed by atoms with Crippen molar-refractivity contribution in [2.45, 2.75) is 19.6 Å². The molecule has 0 unspecified atom stereocenters. The molecule has 2 rings (SSSR count). The molecular weight excluding hydrogens is 341 g/mol. The van der Waals surface area contributed by atoms with E-state index in [1.165, 1.54) is 12.3 Å². The zero-order valence-electron chi connectivity index (χ0n) is 13.1. The molecule has 0 aliphatic rings. The third kappa shape index (κ3) is 5.23. The molecule has 134 valence electrons. The quantitative estimate of drug-likeness (QED) is 0.613. The number of phenols is 1. The Hall–Kier alpha value is -3.04. The van der Waals surface area contributed by atoms with Crippen molar-refractivity contribution in [2.75, 3.05) is 6.61 Å². The lowest BCUT2D eigenvalue weighted by atomic mass is 10.2. The number of alkyl halides is 3. The molecule has 10 heteroatoms. The summed E-state index contributed by atoms with van der Waals surface area (Å²) >= 11 is 0. The van der Waals surface area contributed by atoms with Crippen LogP contribution in [0.4, 0.5) is 13.2 Å². The standard InChI is InChI=1S/C15H15F3N4O3/c1-2-25-11-4-3-10(12(23)7-11)8-19-20-14(24)9-22-6-5-13(21-22)15(16,17)18/h3-8,23H,2,9H2,1H3,(H,20,24). The summed E-state index contributed by atoms with van der Waals surface area (Å²) in [5.41, 5.74) is 1.40. The van der Waals surface area contributed by atoms with E-state index in [0.717, 1.165) is 16.9 Å². The summed E-state index contributed by atoms with van der Waals surface area (Å²) in [6.45, 7) is 1.83. The topological polar surface area (TPSA) is 88.7 Å². The largest absolute Gasteiger partial charge is 0.507 e. The summed E-state index contributed by atoms with van der Waals surface area (Å²) in [5.74, 6) is -0.273. The zero-order chi connectivity index (χ0) is 18.4. The van der Waals surface area contributed by atoms with E-state index in [2.05, 4.69) is 15.6 Å². The number of phenolic OH excluding ortho intramolecular Hbond substituents is 1. The van der Waals surface area contributed by atoms with Gasteiger partial charge in [-0.3, -0.25) is 9.48 Å². The number of amides is 1. The molecule has 0 atom stereocenters. The number of aromatic hydroxyl groups is 1. The normalized spacial score (nSPS) is 11.7. The number of nitrogens with zero attached hydrogens (tertiary/aromatic N) is 3. The number of carbonyl (C=O) groups is 1. The first-order chi connectivity index (χ1) is 11.8. The van der Waals surface area contributed by atoms with Crippen LogP contribution in [-0.2, 0) is 17.5 Å². The van der Waals surface area contributed by atoms with Crippen LogP contribution in [0.25, 0.3) is 0 Å². The van der Waals surface area contributed by atoms with Crippen molar-refractivity contribution in [3.63, 3.8) is 0 Å². The van der Waals surface area contributed by atoms with Gasteiger partial charge in [0.2, 0.25) is 0 Å². The second-order valence-electron chi connectivity index (χ2n) is 4.84. The highest BCUT2D eigenvalue weighted by atomic mass is 19.4. The van der Waals surface area contributed by atoms with Crippen molar-refractivity contribution in [1.29, 1.82) is 0 Å². The van der Waals surface area contributed by atoms with Gasteiger partial charge in [-0.1, -0.05) is 0 Å². The van der Waals surface area contributed by atoms with Crippen LogP contribution in [0.5, 0.6) is 11.5 Å². The molecule has 0 aliphatic carbocycles. The smallest absolute Gasteiger partial charge is 0.435 e. The Labute approximate surface area is 140 Å². The summed E-state index contributed by atoms with van der Waals surface area (Å²) in [6.07, 6.45) is -2.32. The number of aromatic nitrogens is 2. The minimum Gasteiger partial charge on any atom is -0.507 e. The van der Waals surface area contributed by atoms with Crippen molar-refractivity contribution in [1.82, 2.24) is 15.2 Å². The molecule has 1 heterocycles. The van der Waals surface area contributed by atoms with Gasteiger partial charge in [0.25, 0.3) is 5.91 Å². The van der Waals surface area contributed by atoms with Crippen molar-refractivity contribution < 1.29 is 27.8 Å². The Morgan fingerprint density at radius 3 is 2.80 bits per heavy atom. The van der Waals surface area contributed by atoms with Crippen molar-refractivity contribution in [3.05, 3.63) is 41.7 Å². The van der Waals surface area contributed by atoms with Crippen molar-refractivity contribution in [2.24, 2.45) is 5.10 Å². The fourth-order valence-corrected chi connectivity index (χ4v) is 1.85. The van der Waals surface area contributed by atoms with Crippen LogP contribution in [0.3, 0.4) is 0 Å². The molecule has 0 aliphatic heterocycles. The molecule has 0 radical (unpaired) electrons. The first-order valence-electron chi connectivity index (χ1n) is 7.18. The van der Waals surface area contributed by atoms with E-state index in [1.54, 1.807) is 19.1 Å². The maximum atomic E-state index is 12.4. The van der Waals surface area contributed by atoms with Crippen molar-refractivity contribution >= 4 is 12.1 Å². The molecule has 2 aromatic rings. The Kier molecular flexibility index (Phi) is 5.63. The third-order valence-electron chi connectivity index (χ3n) is 2.94. The number of benzene rings is 1. The second kappa shape index (κ2) is 7.69. The van der Waals surface area contributed by atoms with Crippen molar-refractivity contribution in [3.8, 4) is 11.5 Å². The lowest BCUT2D eigenvalue weighted by Gasteiger charge is -2.05. The van der Waals surface area contributed by atoms with Gasteiger partial charge in [-0.2, -0.15) is 23.4 Å². The summed E-state index contributed by atoms with van der Waals surface area (Å²) in [6, 6.07) is 5.33. The molecule has 0 bridgehead atoms. The van der Waals surface area contributed by atoms with Gasteiger partial charge in [0.05, 0.1) is 12.8 Å². The third-order valence-corrected chi connectivity index (χ3v) is 2.94. The van der Waals surface area contributed by atoms with Crippen LogP contribution in [0.15, 0.2) is 35.6 Å². The number of ether oxygens (including phenoxy) is 1. The molecule has 0 saturated heterocycles. The Morgan fingerprint density at radius 1 is 1.44 bits per heavy atom. The maximum absolute atomic E-state index is 12.4. The Morgan fingerprint density at radius 2 is 2.20 bits per heavy atom. The molecule has 0 spiro atoms. The molecule has 1 aromatic carbocycles. The average molecular weight is 356 g/mol. The number of hydrogen-bond donors (Lipinski definition) is 2.